The molecule has 1 aromatic rings. The Balaban J connectivity index is 2.98. The zero-order valence-corrected chi connectivity index (χ0v) is 4.37. The molecule has 5 heteroatoms. The van der Waals surface area contributed by atoms with Crippen molar-refractivity contribution < 1.29 is 9.62 Å². The monoisotopic (exact) mass is 128 g/mol. The number of hydrogen-bond acceptors (Lipinski definition) is 5. The molecule has 0 atom stereocenters. The first-order chi connectivity index (χ1) is 4.38. The number of nitrogens with zero attached hydrogens (tertiary/aromatic N) is 1. The van der Waals surface area contributed by atoms with Crippen molar-refractivity contribution in [1.82, 2.24) is 0 Å². The third-order valence-electron chi connectivity index (χ3n) is 0.848. The summed E-state index contributed by atoms with van der Waals surface area (Å²) >= 11 is 0. The van der Waals surface area contributed by atoms with Gasteiger partial charge in [-0.15, -0.1) is 4.91 Å². The van der Waals surface area contributed by atoms with Gasteiger partial charge in [0.05, 0.1) is 6.26 Å². The Morgan fingerprint density at radius 3 is 3.00 bits per heavy atom. The van der Waals surface area contributed by atoms with Crippen molar-refractivity contribution in [3.8, 4) is 0 Å². The molecule has 1 aromatic heterocycles. The van der Waals surface area contributed by atoms with Crippen molar-refractivity contribution >= 4 is 11.6 Å². The molecule has 2 N–H and O–H groups in total. The molecule has 0 unspecified atom stereocenters. The molecule has 0 aliphatic rings. The minimum absolute atomic E-state index is 0.155. The van der Waals surface area contributed by atoms with Gasteiger partial charge in [0.2, 0.25) is 0 Å². The van der Waals surface area contributed by atoms with Gasteiger partial charge in [0.25, 0.3) is 5.88 Å². The van der Waals surface area contributed by atoms with Crippen molar-refractivity contribution in [2.24, 2.45) is 5.18 Å². The lowest BCUT2D eigenvalue weighted by atomic mass is 10.5. The van der Waals surface area contributed by atoms with Gasteiger partial charge in [-0.3, -0.25) is 10.7 Å². The molecular formula is C4H4N2O3. The van der Waals surface area contributed by atoms with Crippen LogP contribution in [-0.4, -0.2) is 5.21 Å². The molecular weight excluding hydrogens is 124 g/mol. The van der Waals surface area contributed by atoms with Crippen LogP contribution in [0.1, 0.15) is 0 Å². The molecule has 0 saturated heterocycles. The van der Waals surface area contributed by atoms with Crippen molar-refractivity contribution in [1.29, 1.82) is 0 Å². The van der Waals surface area contributed by atoms with E-state index in [1.807, 2.05) is 0 Å². The molecule has 5 nitrogen and oxygen atoms in total. The normalized spacial score (nSPS) is 9.00. The number of hydrogen-bond donors (Lipinski definition) is 2. The van der Waals surface area contributed by atoms with Gasteiger partial charge in [-0.1, -0.05) is 0 Å². The molecule has 1 heterocycles. The third-order valence-corrected chi connectivity index (χ3v) is 0.848. The summed E-state index contributed by atoms with van der Waals surface area (Å²) in [6, 6.07) is 1.39. The average molecular weight is 128 g/mol. The van der Waals surface area contributed by atoms with Gasteiger partial charge < -0.3 is 4.42 Å². The van der Waals surface area contributed by atoms with Crippen LogP contribution in [0.25, 0.3) is 0 Å². The molecule has 0 fully saturated rings. The summed E-state index contributed by atoms with van der Waals surface area (Å²) in [4.78, 5) is 9.75. The predicted octanol–water partition coefficient (Wildman–Crippen LogP) is 1.48. The van der Waals surface area contributed by atoms with E-state index in [1.54, 1.807) is 5.48 Å². The number of nitroso groups, excluding NO2 is 1. The first kappa shape index (κ1) is 5.77. The molecule has 0 aliphatic carbocycles. The maximum atomic E-state index is 9.75. The number of furan rings is 1. The summed E-state index contributed by atoms with van der Waals surface area (Å²) < 4.78 is 4.50. The summed E-state index contributed by atoms with van der Waals surface area (Å²) in [6.45, 7) is 0. The highest BCUT2D eigenvalue weighted by molar-refractivity contribution is 5.56. The first-order valence-corrected chi connectivity index (χ1v) is 2.19. The van der Waals surface area contributed by atoms with Crippen LogP contribution < -0.4 is 5.48 Å². The van der Waals surface area contributed by atoms with Crippen LogP contribution in [0.15, 0.2) is 21.9 Å². The summed E-state index contributed by atoms with van der Waals surface area (Å²) in [5, 5.41) is 10.7. The van der Waals surface area contributed by atoms with Gasteiger partial charge in [0, 0.05) is 11.2 Å². The number of anilines is 1. The topological polar surface area (TPSA) is 74.8 Å². The van der Waals surface area contributed by atoms with Crippen molar-refractivity contribution in [3.05, 3.63) is 17.2 Å². The van der Waals surface area contributed by atoms with Crippen molar-refractivity contribution in [2.75, 3.05) is 5.48 Å². The largest absolute Gasteiger partial charge is 0.443 e. The van der Waals surface area contributed by atoms with Crippen LogP contribution in [0.5, 0.6) is 0 Å². The Labute approximate surface area is 50.2 Å². The van der Waals surface area contributed by atoms with Gasteiger partial charge in [-0.2, -0.15) is 0 Å². The second kappa shape index (κ2) is 2.27. The fourth-order valence-corrected chi connectivity index (χ4v) is 0.457. The van der Waals surface area contributed by atoms with E-state index in [2.05, 4.69) is 9.59 Å². The lowest BCUT2D eigenvalue weighted by molar-refractivity contribution is 0.388. The van der Waals surface area contributed by atoms with Gasteiger partial charge in [0.1, 0.15) is 5.69 Å². The number of rotatable bonds is 2. The van der Waals surface area contributed by atoms with E-state index in [0.29, 0.717) is 0 Å². The van der Waals surface area contributed by atoms with Crippen molar-refractivity contribution in [2.45, 2.75) is 0 Å². The molecule has 1 rings (SSSR count). The molecule has 0 aromatic carbocycles. The Morgan fingerprint density at radius 2 is 2.56 bits per heavy atom. The fourth-order valence-electron chi connectivity index (χ4n) is 0.457. The van der Waals surface area contributed by atoms with Gasteiger partial charge >= 0.3 is 0 Å². The molecule has 0 spiro atoms. The minimum Gasteiger partial charge on any atom is -0.443 e. The van der Waals surface area contributed by atoms with E-state index in [0.717, 1.165) is 0 Å². The highest BCUT2D eigenvalue weighted by Gasteiger charge is 2.02. The van der Waals surface area contributed by atoms with E-state index in [9.17, 15) is 4.91 Å². The highest BCUT2D eigenvalue weighted by Crippen LogP contribution is 2.24. The van der Waals surface area contributed by atoms with E-state index in [4.69, 9.17) is 5.21 Å². The van der Waals surface area contributed by atoms with Gasteiger partial charge in [-0.05, 0) is 0 Å². The highest BCUT2D eigenvalue weighted by atomic mass is 16.5. The van der Waals surface area contributed by atoms with Crippen LogP contribution in [0.2, 0.25) is 0 Å². The molecule has 0 amide bonds. The molecule has 0 bridgehead atoms. The quantitative estimate of drug-likeness (QED) is 0.467. The Kier molecular flexibility index (Phi) is 1.46. The maximum absolute atomic E-state index is 9.75. The molecule has 0 saturated carbocycles. The van der Waals surface area contributed by atoms with Crippen molar-refractivity contribution in [3.63, 3.8) is 0 Å². The predicted molar refractivity (Wildman–Crippen MR) is 29.6 cm³/mol. The lowest BCUT2D eigenvalue weighted by Gasteiger charge is -1.87. The smallest absolute Gasteiger partial charge is 0.286 e. The maximum Gasteiger partial charge on any atom is 0.286 e. The summed E-state index contributed by atoms with van der Waals surface area (Å²) in [7, 11) is 0. The zero-order valence-electron chi connectivity index (χ0n) is 4.37. The fraction of sp³-hybridized carbons (Fsp3) is 0. The Morgan fingerprint density at radius 1 is 1.78 bits per heavy atom. The van der Waals surface area contributed by atoms with Crippen LogP contribution in [0.4, 0.5) is 11.6 Å². The second-order valence-electron chi connectivity index (χ2n) is 1.34. The van der Waals surface area contributed by atoms with Crippen LogP contribution in [0, 0.1) is 4.91 Å². The van der Waals surface area contributed by atoms with Crippen LogP contribution in [-0.2, 0) is 0 Å². The summed E-state index contributed by atoms with van der Waals surface area (Å²) in [6.07, 6.45) is 1.25. The van der Waals surface area contributed by atoms with E-state index in [-0.39, 0.29) is 11.6 Å². The minimum atomic E-state index is -0.155. The first-order valence-electron chi connectivity index (χ1n) is 2.19. The van der Waals surface area contributed by atoms with E-state index in [1.165, 1.54) is 12.3 Å². The van der Waals surface area contributed by atoms with Gasteiger partial charge in [0.15, 0.2) is 0 Å². The molecule has 48 valence electrons. The standard InChI is InChI=1S/C4H4N2O3/c7-5-3-1-2-9-4(3)6-8/h1-2,5,7H. The zero-order chi connectivity index (χ0) is 6.69. The van der Waals surface area contributed by atoms with Crippen LogP contribution in [0.3, 0.4) is 0 Å². The van der Waals surface area contributed by atoms with E-state index >= 15 is 0 Å². The summed E-state index contributed by atoms with van der Waals surface area (Å²) in [5.74, 6) is -0.155. The third kappa shape index (κ3) is 0.895. The average Bonchev–Trinajstić information content (AvgIpc) is 2.33. The second-order valence-corrected chi connectivity index (χ2v) is 1.34. The lowest BCUT2D eigenvalue weighted by Crippen LogP contribution is -1.84. The summed E-state index contributed by atoms with van der Waals surface area (Å²) in [5.41, 5.74) is 1.91. The Bertz CT molecular complexity index is 207. The molecule has 0 aliphatic heterocycles. The molecule has 0 radical (unpaired) electrons. The Hall–Kier alpha value is -1.36. The van der Waals surface area contributed by atoms with Crippen LogP contribution >= 0.6 is 0 Å². The van der Waals surface area contributed by atoms with E-state index < -0.39 is 0 Å². The SMILES string of the molecule is O=Nc1occc1NO. The number of nitrogens with one attached hydrogen (secondary N) is 1. The van der Waals surface area contributed by atoms with Gasteiger partial charge in [-0.25, -0.2) is 0 Å². The molecule has 9 heavy (non-hydrogen) atoms.